The van der Waals surface area contributed by atoms with E-state index in [9.17, 15) is 0 Å². The van der Waals surface area contributed by atoms with Gasteiger partial charge in [-0.1, -0.05) is 64.5 Å². The van der Waals surface area contributed by atoms with Gasteiger partial charge in [0.1, 0.15) is 11.5 Å². The molecule has 2 aromatic rings. The smallest absolute Gasteiger partial charge is 0.130 e. The van der Waals surface area contributed by atoms with Gasteiger partial charge in [-0.05, 0) is 48.9 Å². The number of aryl methyl sites for hydroxylation is 1. The van der Waals surface area contributed by atoms with Crippen molar-refractivity contribution in [2.75, 3.05) is 13.2 Å². The number of hydrogen-bond acceptors (Lipinski definition) is 2. The Hall–Kier alpha value is -1.70. The highest BCUT2D eigenvalue weighted by Crippen LogP contribution is 2.32. The van der Waals surface area contributed by atoms with Crippen LogP contribution >= 0.6 is 0 Å². The lowest BCUT2D eigenvalue weighted by Crippen LogP contribution is -2.00. The van der Waals surface area contributed by atoms with Gasteiger partial charge in [0.25, 0.3) is 0 Å². The first-order valence-corrected chi connectivity index (χ1v) is 10.0. The lowest BCUT2D eigenvalue weighted by atomic mass is 10.1. The number of hydrogen-bond donors (Lipinski definition) is 0. The molecule has 2 aromatic carbocycles. The summed E-state index contributed by atoms with van der Waals surface area (Å²) in [6, 6.07) is 10.7. The number of ether oxygens (including phenoxy) is 2. The van der Waals surface area contributed by atoms with Crippen molar-refractivity contribution in [1.82, 2.24) is 0 Å². The normalized spacial score (nSPS) is 11.0. The van der Waals surface area contributed by atoms with Crippen LogP contribution in [-0.2, 0) is 0 Å². The third-order valence-electron chi connectivity index (χ3n) is 4.65. The van der Waals surface area contributed by atoms with Crippen LogP contribution in [0.3, 0.4) is 0 Å². The molecule has 138 valence electrons. The fourth-order valence-electron chi connectivity index (χ4n) is 3.09. The Bertz CT molecular complexity index is 633. The summed E-state index contributed by atoms with van der Waals surface area (Å²) in [6.07, 6.45) is 9.85. The second-order valence-corrected chi connectivity index (χ2v) is 6.91. The molecule has 0 aliphatic rings. The minimum absolute atomic E-state index is 0.801. The Morgan fingerprint density at radius 3 is 2.08 bits per heavy atom. The predicted octanol–water partition coefficient (Wildman–Crippen LogP) is 7.07. The summed E-state index contributed by atoms with van der Waals surface area (Å²) in [4.78, 5) is 0. The fraction of sp³-hybridized carbons (Fsp3) is 0.565. The van der Waals surface area contributed by atoms with E-state index in [4.69, 9.17) is 9.47 Å². The summed E-state index contributed by atoms with van der Waals surface area (Å²) in [5.41, 5.74) is 1.20. The largest absolute Gasteiger partial charge is 0.494 e. The Labute approximate surface area is 153 Å². The minimum Gasteiger partial charge on any atom is -0.494 e. The third kappa shape index (κ3) is 6.26. The van der Waals surface area contributed by atoms with Crippen LogP contribution in [0.25, 0.3) is 10.8 Å². The van der Waals surface area contributed by atoms with E-state index in [1.54, 1.807) is 0 Å². The molecule has 0 atom stereocenters. The van der Waals surface area contributed by atoms with Gasteiger partial charge in [-0.15, -0.1) is 0 Å². The molecule has 2 rings (SSSR count). The molecule has 0 aromatic heterocycles. The van der Waals surface area contributed by atoms with E-state index in [0.29, 0.717) is 0 Å². The highest BCUT2D eigenvalue weighted by molar-refractivity contribution is 5.90. The van der Waals surface area contributed by atoms with Crippen molar-refractivity contribution in [2.45, 2.75) is 72.1 Å². The number of rotatable bonds is 12. The van der Waals surface area contributed by atoms with Gasteiger partial charge in [0.15, 0.2) is 0 Å². The molecular weight excluding hydrogens is 308 g/mol. The van der Waals surface area contributed by atoms with Crippen LogP contribution in [0, 0.1) is 6.92 Å². The summed E-state index contributed by atoms with van der Waals surface area (Å²) in [5, 5.41) is 2.38. The summed E-state index contributed by atoms with van der Waals surface area (Å²) < 4.78 is 12.0. The van der Waals surface area contributed by atoms with Crippen molar-refractivity contribution < 1.29 is 9.47 Å². The van der Waals surface area contributed by atoms with E-state index in [2.05, 4.69) is 51.1 Å². The number of benzene rings is 2. The van der Waals surface area contributed by atoms with Gasteiger partial charge >= 0.3 is 0 Å². The average Bonchev–Trinajstić information content (AvgIpc) is 2.63. The third-order valence-corrected chi connectivity index (χ3v) is 4.65. The molecule has 25 heavy (non-hydrogen) atoms. The Balaban J connectivity index is 1.98. The van der Waals surface area contributed by atoms with Crippen molar-refractivity contribution in [1.29, 1.82) is 0 Å². The topological polar surface area (TPSA) is 18.5 Å². The van der Waals surface area contributed by atoms with Crippen molar-refractivity contribution in [3.05, 3.63) is 35.9 Å². The Morgan fingerprint density at radius 2 is 1.40 bits per heavy atom. The van der Waals surface area contributed by atoms with E-state index < -0.39 is 0 Å². The molecule has 0 amide bonds. The maximum Gasteiger partial charge on any atom is 0.130 e. The quantitative estimate of drug-likeness (QED) is 0.384. The lowest BCUT2D eigenvalue weighted by Gasteiger charge is -2.14. The molecule has 0 aliphatic heterocycles. The van der Waals surface area contributed by atoms with E-state index in [1.165, 1.54) is 54.9 Å². The number of unbranched alkanes of at least 4 members (excludes halogenated alkanes) is 6. The minimum atomic E-state index is 0.801. The van der Waals surface area contributed by atoms with Gasteiger partial charge in [-0.3, -0.25) is 0 Å². The molecule has 0 aliphatic carbocycles. The van der Waals surface area contributed by atoms with Crippen molar-refractivity contribution >= 4 is 10.8 Å². The molecule has 0 saturated heterocycles. The molecule has 0 heterocycles. The maximum absolute atomic E-state index is 6.12. The maximum atomic E-state index is 6.12. The highest BCUT2D eigenvalue weighted by atomic mass is 16.5. The van der Waals surface area contributed by atoms with Crippen molar-refractivity contribution in [3.8, 4) is 11.5 Å². The molecular formula is C23H34O2. The standard InChI is InChI=1S/C23H34O2/c1-4-6-8-10-16-24-21-14-15-22-20(18-21)13-12-19(3)23(22)25-17-11-9-7-5-2/h12-15,18H,4-11,16-17H2,1-3H3. The first-order valence-electron chi connectivity index (χ1n) is 10.0. The van der Waals surface area contributed by atoms with Gasteiger partial charge in [0.2, 0.25) is 0 Å². The first-order chi connectivity index (χ1) is 12.3. The Kier molecular flexibility index (Phi) is 8.65. The van der Waals surface area contributed by atoms with E-state index in [-0.39, 0.29) is 0 Å². The van der Waals surface area contributed by atoms with Gasteiger partial charge in [0, 0.05) is 5.39 Å². The zero-order valence-electron chi connectivity index (χ0n) is 16.3. The molecule has 0 spiro atoms. The van der Waals surface area contributed by atoms with Crippen LogP contribution in [0.15, 0.2) is 30.3 Å². The van der Waals surface area contributed by atoms with Crippen LogP contribution in [0.2, 0.25) is 0 Å². The van der Waals surface area contributed by atoms with Crippen LogP contribution in [0.4, 0.5) is 0 Å². The van der Waals surface area contributed by atoms with Crippen molar-refractivity contribution in [2.24, 2.45) is 0 Å². The molecule has 0 bridgehead atoms. The average molecular weight is 343 g/mol. The molecule has 0 unspecified atom stereocenters. The summed E-state index contributed by atoms with van der Waals surface area (Å²) >= 11 is 0. The zero-order valence-corrected chi connectivity index (χ0v) is 16.3. The van der Waals surface area contributed by atoms with Gasteiger partial charge in [0.05, 0.1) is 13.2 Å². The van der Waals surface area contributed by atoms with Crippen molar-refractivity contribution in [3.63, 3.8) is 0 Å². The second kappa shape index (κ2) is 11.0. The monoisotopic (exact) mass is 342 g/mol. The molecule has 0 N–H and O–H groups in total. The molecule has 0 radical (unpaired) electrons. The molecule has 0 fully saturated rings. The molecule has 2 heteroatoms. The second-order valence-electron chi connectivity index (χ2n) is 6.91. The van der Waals surface area contributed by atoms with E-state index in [0.717, 1.165) is 37.6 Å². The van der Waals surface area contributed by atoms with Crippen LogP contribution in [-0.4, -0.2) is 13.2 Å². The van der Waals surface area contributed by atoms with Gasteiger partial charge in [-0.25, -0.2) is 0 Å². The number of fused-ring (bicyclic) bond motifs is 1. The summed E-state index contributed by atoms with van der Waals surface area (Å²) in [5.74, 6) is 1.99. The fourth-order valence-corrected chi connectivity index (χ4v) is 3.09. The van der Waals surface area contributed by atoms with E-state index >= 15 is 0 Å². The van der Waals surface area contributed by atoms with E-state index in [1.807, 2.05) is 0 Å². The first kappa shape index (κ1) is 19.6. The summed E-state index contributed by atoms with van der Waals surface area (Å²) in [6.45, 7) is 8.20. The van der Waals surface area contributed by atoms with Crippen LogP contribution < -0.4 is 9.47 Å². The molecule has 0 saturated carbocycles. The lowest BCUT2D eigenvalue weighted by molar-refractivity contribution is 0.304. The zero-order chi connectivity index (χ0) is 17.9. The SMILES string of the molecule is CCCCCCOc1ccc2c(OCCCCCC)c(C)ccc2c1. The molecule has 2 nitrogen and oxygen atoms in total. The predicted molar refractivity (Wildman–Crippen MR) is 108 cm³/mol. The summed E-state index contributed by atoms with van der Waals surface area (Å²) in [7, 11) is 0. The van der Waals surface area contributed by atoms with Crippen LogP contribution in [0.5, 0.6) is 11.5 Å². The van der Waals surface area contributed by atoms with Crippen LogP contribution in [0.1, 0.15) is 70.8 Å². The van der Waals surface area contributed by atoms with Gasteiger partial charge in [-0.2, -0.15) is 0 Å². The highest BCUT2D eigenvalue weighted by Gasteiger charge is 2.07. The Morgan fingerprint density at radius 1 is 0.720 bits per heavy atom. The van der Waals surface area contributed by atoms with Gasteiger partial charge < -0.3 is 9.47 Å².